The molecular weight excluding hydrogens is 435 g/mol. The molecule has 8 heteroatoms. The topological polar surface area (TPSA) is 67.1 Å². The fourth-order valence-electron chi connectivity index (χ4n) is 4.78. The molecular formula is C26H37FN4O3. The number of likely N-dealkylation sites (tertiary alicyclic amines) is 1. The second-order valence-corrected chi connectivity index (χ2v) is 9.14. The molecule has 1 aromatic rings. The van der Waals surface area contributed by atoms with Gasteiger partial charge in [-0.2, -0.15) is 4.99 Å². The number of ether oxygens (including phenoxy) is 1. The standard InChI is InChI=1S/C26H37FN4O3/c1-4-22-17-23(34-18-21-10-5-6-11-24(21)27)16-20(2)31(22)15-9-14-30(19-32)26(33)28-25-12-7-8-13-29(25)3/h5,7-8,10,12-13,19-20,22-23H,4,6,9,11,14-18H2,1-3H3/b28-25-. The lowest BCUT2D eigenvalue weighted by Gasteiger charge is -2.44. The molecule has 0 N–H and O–H groups in total. The molecule has 1 saturated heterocycles. The first kappa shape index (κ1) is 26.0. The van der Waals surface area contributed by atoms with E-state index in [9.17, 15) is 14.0 Å². The van der Waals surface area contributed by atoms with Gasteiger partial charge in [-0.1, -0.05) is 25.1 Å². The molecule has 1 aliphatic carbocycles. The molecule has 3 rings (SSSR count). The highest BCUT2D eigenvalue weighted by Crippen LogP contribution is 2.29. The number of hydrogen-bond donors (Lipinski definition) is 0. The second-order valence-electron chi connectivity index (χ2n) is 9.14. The van der Waals surface area contributed by atoms with E-state index in [1.54, 1.807) is 29.9 Å². The number of nitrogens with zero attached hydrogens (tertiary/aromatic N) is 4. The van der Waals surface area contributed by atoms with Crippen LogP contribution >= 0.6 is 0 Å². The Morgan fingerprint density at radius 3 is 2.88 bits per heavy atom. The molecule has 0 saturated carbocycles. The van der Waals surface area contributed by atoms with E-state index in [4.69, 9.17) is 4.74 Å². The first-order valence-electron chi connectivity index (χ1n) is 12.3. The van der Waals surface area contributed by atoms with E-state index in [2.05, 4.69) is 23.7 Å². The monoisotopic (exact) mass is 472 g/mol. The number of aryl methyl sites for hydroxylation is 1. The van der Waals surface area contributed by atoms with Gasteiger partial charge in [0.05, 0.1) is 12.7 Å². The van der Waals surface area contributed by atoms with Crippen LogP contribution in [0.2, 0.25) is 0 Å². The van der Waals surface area contributed by atoms with Gasteiger partial charge in [0.1, 0.15) is 11.3 Å². The number of pyridine rings is 1. The molecule has 1 aliphatic heterocycles. The maximum Gasteiger partial charge on any atom is 0.351 e. The lowest BCUT2D eigenvalue weighted by molar-refractivity contribution is -0.115. The molecule has 1 aromatic heterocycles. The minimum absolute atomic E-state index is 0.0536. The van der Waals surface area contributed by atoms with E-state index in [-0.39, 0.29) is 11.9 Å². The Bertz CT molecular complexity index is 971. The predicted molar refractivity (Wildman–Crippen MR) is 129 cm³/mol. The van der Waals surface area contributed by atoms with Crippen molar-refractivity contribution < 1.29 is 18.7 Å². The fourth-order valence-corrected chi connectivity index (χ4v) is 4.78. The highest BCUT2D eigenvalue weighted by atomic mass is 19.1. The van der Waals surface area contributed by atoms with Gasteiger partial charge < -0.3 is 9.30 Å². The van der Waals surface area contributed by atoms with Crippen LogP contribution in [0.5, 0.6) is 0 Å². The number of carbonyl (C=O) groups excluding carboxylic acids is 2. The van der Waals surface area contributed by atoms with Crippen LogP contribution in [0.3, 0.4) is 0 Å². The summed E-state index contributed by atoms with van der Waals surface area (Å²) in [5.74, 6) is -0.0536. The third-order valence-corrected chi connectivity index (χ3v) is 6.74. The van der Waals surface area contributed by atoms with Gasteiger partial charge in [0.2, 0.25) is 6.41 Å². The molecule has 0 aromatic carbocycles. The minimum Gasteiger partial charge on any atom is -0.373 e. The van der Waals surface area contributed by atoms with Crippen LogP contribution in [0, 0.1) is 0 Å². The van der Waals surface area contributed by atoms with E-state index in [0.29, 0.717) is 55.5 Å². The molecule has 0 spiro atoms. The molecule has 3 unspecified atom stereocenters. The minimum atomic E-state index is -0.553. The molecule has 0 bridgehead atoms. The number of imide groups is 1. The summed E-state index contributed by atoms with van der Waals surface area (Å²) < 4.78 is 21.8. The Hall–Kier alpha value is -2.58. The number of rotatable bonds is 9. The maximum absolute atomic E-state index is 14.0. The van der Waals surface area contributed by atoms with Crippen LogP contribution in [0.25, 0.3) is 0 Å². The van der Waals surface area contributed by atoms with Gasteiger partial charge in [0.25, 0.3) is 0 Å². The van der Waals surface area contributed by atoms with Crippen LogP contribution in [-0.4, -0.2) is 64.7 Å². The molecule has 2 aliphatic rings. The average molecular weight is 473 g/mol. The third-order valence-electron chi connectivity index (χ3n) is 6.74. The summed E-state index contributed by atoms with van der Waals surface area (Å²) in [7, 11) is 1.80. The predicted octanol–water partition coefficient (Wildman–Crippen LogP) is 4.12. The highest BCUT2D eigenvalue weighted by molar-refractivity contribution is 5.85. The molecule has 1 fully saturated rings. The van der Waals surface area contributed by atoms with Gasteiger partial charge in [0.15, 0.2) is 0 Å². The van der Waals surface area contributed by atoms with E-state index < -0.39 is 6.03 Å². The first-order chi connectivity index (χ1) is 16.4. The van der Waals surface area contributed by atoms with Crippen molar-refractivity contribution in [2.45, 2.75) is 70.6 Å². The van der Waals surface area contributed by atoms with Crippen LogP contribution in [0.1, 0.15) is 52.4 Å². The second kappa shape index (κ2) is 12.8. The molecule has 7 nitrogen and oxygen atoms in total. The van der Waals surface area contributed by atoms with Gasteiger partial charge >= 0.3 is 6.03 Å². The number of amides is 3. The molecule has 186 valence electrons. The van der Waals surface area contributed by atoms with E-state index in [1.165, 1.54) is 0 Å². The highest BCUT2D eigenvalue weighted by Gasteiger charge is 2.33. The zero-order valence-corrected chi connectivity index (χ0v) is 20.5. The summed E-state index contributed by atoms with van der Waals surface area (Å²) in [4.78, 5) is 31.7. The Labute approximate surface area is 201 Å². The van der Waals surface area contributed by atoms with Crippen molar-refractivity contribution in [3.05, 3.63) is 53.4 Å². The molecule has 0 radical (unpaired) electrons. The SMILES string of the molecule is CCC1CC(OCC2=C(F)CCC=C2)CC(C)N1CCCN(C=O)C(=O)/N=c1/ccccn1C. The summed E-state index contributed by atoms with van der Waals surface area (Å²) in [5, 5.41) is 0. The largest absolute Gasteiger partial charge is 0.373 e. The van der Waals surface area contributed by atoms with Crippen molar-refractivity contribution in [3.8, 4) is 0 Å². The summed E-state index contributed by atoms with van der Waals surface area (Å²) in [6, 6.07) is 5.48. The van der Waals surface area contributed by atoms with E-state index in [0.717, 1.165) is 37.1 Å². The molecule has 3 amide bonds. The van der Waals surface area contributed by atoms with Crippen molar-refractivity contribution in [3.63, 3.8) is 0 Å². The van der Waals surface area contributed by atoms with E-state index >= 15 is 0 Å². The number of urea groups is 1. The Kier molecular flexibility index (Phi) is 9.77. The smallest absolute Gasteiger partial charge is 0.351 e. The fraction of sp³-hybridized carbons (Fsp3) is 0.577. The molecule has 34 heavy (non-hydrogen) atoms. The Morgan fingerprint density at radius 2 is 2.18 bits per heavy atom. The summed E-state index contributed by atoms with van der Waals surface area (Å²) in [5.41, 5.74) is 1.17. The zero-order valence-electron chi connectivity index (χ0n) is 20.5. The summed E-state index contributed by atoms with van der Waals surface area (Å²) >= 11 is 0. The Balaban J connectivity index is 1.51. The van der Waals surface area contributed by atoms with Crippen molar-refractivity contribution in [1.82, 2.24) is 14.4 Å². The van der Waals surface area contributed by atoms with Crippen LogP contribution in [0.15, 0.2) is 52.9 Å². The van der Waals surface area contributed by atoms with E-state index in [1.807, 2.05) is 18.2 Å². The summed E-state index contributed by atoms with van der Waals surface area (Å²) in [6.07, 6.45) is 11.0. The number of aromatic nitrogens is 1. The number of halogens is 1. The maximum atomic E-state index is 14.0. The number of allylic oxidation sites excluding steroid dienone is 2. The van der Waals surface area contributed by atoms with Crippen LogP contribution < -0.4 is 5.49 Å². The lowest BCUT2D eigenvalue weighted by atomic mass is 9.92. The number of hydrogen-bond acceptors (Lipinski definition) is 4. The normalized spacial score (nSPS) is 23.9. The molecule has 3 atom stereocenters. The van der Waals surface area contributed by atoms with Crippen molar-refractivity contribution >= 4 is 12.4 Å². The van der Waals surface area contributed by atoms with Crippen LogP contribution in [0.4, 0.5) is 9.18 Å². The quantitative estimate of drug-likeness (QED) is 0.507. The lowest BCUT2D eigenvalue weighted by Crippen LogP contribution is -2.50. The van der Waals surface area contributed by atoms with Gasteiger partial charge in [-0.25, -0.2) is 9.18 Å². The zero-order chi connectivity index (χ0) is 24.5. The van der Waals surface area contributed by atoms with Crippen molar-refractivity contribution in [2.24, 2.45) is 12.0 Å². The van der Waals surface area contributed by atoms with Crippen molar-refractivity contribution in [2.75, 3.05) is 19.7 Å². The van der Waals surface area contributed by atoms with Crippen molar-refractivity contribution in [1.29, 1.82) is 0 Å². The van der Waals surface area contributed by atoms with Gasteiger partial charge in [-0.15, -0.1) is 0 Å². The van der Waals surface area contributed by atoms with Gasteiger partial charge in [-0.05, 0) is 51.2 Å². The number of carbonyl (C=O) groups is 2. The molecule has 2 heterocycles. The number of piperidine rings is 1. The van der Waals surface area contributed by atoms with Gasteiger partial charge in [0, 0.05) is 50.4 Å². The van der Waals surface area contributed by atoms with Gasteiger partial charge in [-0.3, -0.25) is 14.6 Å². The first-order valence-corrected chi connectivity index (χ1v) is 12.3. The Morgan fingerprint density at radius 1 is 1.35 bits per heavy atom. The van der Waals surface area contributed by atoms with Crippen LogP contribution in [-0.2, 0) is 16.6 Å². The third kappa shape index (κ3) is 6.96. The average Bonchev–Trinajstić information content (AvgIpc) is 2.83. The summed E-state index contributed by atoms with van der Waals surface area (Å²) in [6.45, 7) is 5.79.